The number of benzene rings is 1. The summed E-state index contributed by atoms with van der Waals surface area (Å²) in [5, 5.41) is 0. The lowest BCUT2D eigenvalue weighted by Crippen LogP contribution is -2.25. The average molecular weight is 262 g/mol. The quantitative estimate of drug-likeness (QED) is 0.832. The van der Waals surface area contributed by atoms with Gasteiger partial charge in [0.05, 0.1) is 21.3 Å². The molecular weight excluding hydrogens is 248 g/mol. The third-order valence-corrected chi connectivity index (χ3v) is 3.04. The number of allylic oxidation sites excluding steroid dienone is 2. The molecule has 100 valence electrons. The van der Waals surface area contributed by atoms with Crippen LogP contribution in [0.15, 0.2) is 23.7 Å². The van der Waals surface area contributed by atoms with Gasteiger partial charge in [0.25, 0.3) is 0 Å². The van der Waals surface area contributed by atoms with Crippen molar-refractivity contribution in [3.05, 3.63) is 40.3 Å². The Kier molecular flexibility index (Phi) is 3.29. The second-order valence-electron chi connectivity index (χ2n) is 4.09. The first-order valence-electron chi connectivity index (χ1n) is 5.65. The number of rotatable bonds is 3. The lowest BCUT2D eigenvalue weighted by Gasteiger charge is -2.20. The molecule has 0 amide bonds. The molecule has 1 aromatic rings. The van der Waals surface area contributed by atoms with Gasteiger partial charge in [-0.25, -0.2) is 0 Å². The van der Waals surface area contributed by atoms with Crippen LogP contribution in [0.3, 0.4) is 0 Å². The van der Waals surface area contributed by atoms with Crippen molar-refractivity contribution >= 4 is 11.6 Å². The van der Waals surface area contributed by atoms with Crippen LogP contribution in [0.2, 0.25) is 0 Å². The SMILES string of the molecule is COC1=C(OC)C(=O)c2c(C)cc(OC)cc2C1=O. The van der Waals surface area contributed by atoms with E-state index in [0.717, 1.165) is 0 Å². The van der Waals surface area contributed by atoms with Crippen LogP contribution < -0.4 is 4.74 Å². The number of aryl methyl sites for hydroxylation is 1. The average Bonchev–Trinajstić information content (AvgIpc) is 2.41. The summed E-state index contributed by atoms with van der Waals surface area (Å²) < 4.78 is 15.1. The summed E-state index contributed by atoms with van der Waals surface area (Å²) in [6, 6.07) is 3.24. The van der Waals surface area contributed by atoms with Crippen molar-refractivity contribution < 1.29 is 23.8 Å². The zero-order valence-electron chi connectivity index (χ0n) is 11.2. The Labute approximate surface area is 110 Å². The maximum absolute atomic E-state index is 12.3. The number of hydrogen-bond donors (Lipinski definition) is 0. The van der Waals surface area contributed by atoms with E-state index in [4.69, 9.17) is 14.2 Å². The summed E-state index contributed by atoms with van der Waals surface area (Å²) in [4.78, 5) is 24.6. The highest BCUT2D eigenvalue weighted by Gasteiger charge is 2.36. The zero-order valence-corrected chi connectivity index (χ0v) is 11.2. The number of fused-ring (bicyclic) bond motifs is 1. The maximum atomic E-state index is 12.3. The van der Waals surface area contributed by atoms with Crippen molar-refractivity contribution in [2.45, 2.75) is 6.92 Å². The number of ketones is 2. The van der Waals surface area contributed by atoms with Gasteiger partial charge in [-0.3, -0.25) is 9.59 Å². The minimum absolute atomic E-state index is 0.0618. The Balaban J connectivity index is 2.73. The minimum Gasteiger partial charge on any atom is -0.497 e. The summed E-state index contributed by atoms with van der Waals surface area (Å²) in [6.45, 7) is 1.75. The number of Topliss-reactive ketones (excluding diaryl/α,β-unsaturated/α-hetero) is 2. The summed E-state index contributed by atoms with van der Waals surface area (Å²) in [5.41, 5.74) is 1.28. The summed E-state index contributed by atoms with van der Waals surface area (Å²) in [6.07, 6.45) is 0. The fourth-order valence-corrected chi connectivity index (χ4v) is 2.17. The standard InChI is InChI=1S/C14H14O5/c1-7-5-8(17-2)6-9-10(7)12(16)14(19-4)13(18-3)11(9)15/h5-6H,1-4H3. The van der Waals surface area contributed by atoms with E-state index in [9.17, 15) is 9.59 Å². The molecule has 1 aromatic carbocycles. The molecule has 1 aliphatic carbocycles. The van der Waals surface area contributed by atoms with Crippen LogP contribution in [-0.2, 0) is 9.47 Å². The molecule has 0 atom stereocenters. The normalized spacial score (nSPS) is 14.3. The molecule has 2 rings (SSSR count). The highest BCUT2D eigenvalue weighted by atomic mass is 16.5. The van der Waals surface area contributed by atoms with Crippen LogP contribution in [0.25, 0.3) is 0 Å². The molecule has 0 unspecified atom stereocenters. The topological polar surface area (TPSA) is 61.8 Å². The fraction of sp³-hybridized carbons (Fsp3) is 0.286. The van der Waals surface area contributed by atoms with Gasteiger partial charge in [0.2, 0.25) is 23.1 Å². The van der Waals surface area contributed by atoms with Gasteiger partial charge < -0.3 is 14.2 Å². The van der Waals surface area contributed by atoms with Crippen LogP contribution in [0.1, 0.15) is 26.3 Å². The first-order valence-corrected chi connectivity index (χ1v) is 5.65. The summed E-state index contributed by atoms with van der Waals surface area (Å²) in [5.74, 6) is -0.348. The van der Waals surface area contributed by atoms with Crippen molar-refractivity contribution in [3.63, 3.8) is 0 Å². The van der Waals surface area contributed by atoms with Crippen LogP contribution in [0, 0.1) is 6.92 Å². The lowest BCUT2D eigenvalue weighted by atomic mass is 9.88. The predicted molar refractivity (Wildman–Crippen MR) is 67.4 cm³/mol. The Bertz CT molecular complexity index is 598. The molecule has 0 saturated carbocycles. The second kappa shape index (κ2) is 4.76. The third kappa shape index (κ3) is 1.87. The monoisotopic (exact) mass is 262 g/mol. The van der Waals surface area contributed by atoms with Gasteiger partial charge in [-0.05, 0) is 24.6 Å². The molecule has 5 heteroatoms. The maximum Gasteiger partial charge on any atom is 0.232 e. The van der Waals surface area contributed by atoms with Crippen LogP contribution >= 0.6 is 0 Å². The Morgan fingerprint density at radius 1 is 0.842 bits per heavy atom. The fourth-order valence-electron chi connectivity index (χ4n) is 2.17. The van der Waals surface area contributed by atoms with Crippen LogP contribution in [0.5, 0.6) is 5.75 Å². The van der Waals surface area contributed by atoms with Gasteiger partial charge in [0.1, 0.15) is 5.75 Å². The molecule has 1 aliphatic rings. The van der Waals surface area contributed by atoms with Crippen LogP contribution in [-0.4, -0.2) is 32.9 Å². The van der Waals surface area contributed by atoms with E-state index in [2.05, 4.69) is 0 Å². The first-order chi connectivity index (χ1) is 9.04. The van der Waals surface area contributed by atoms with Crippen molar-refractivity contribution in [3.8, 4) is 5.75 Å². The van der Waals surface area contributed by atoms with E-state index >= 15 is 0 Å². The number of ether oxygens (including phenoxy) is 3. The molecule has 0 N–H and O–H groups in total. The molecule has 0 heterocycles. The third-order valence-electron chi connectivity index (χ3n) is 3.04. The molecule has 0 aromatic heterocycles. The van der Waals surface area contributed by atoms with Gasteiger partial charge in [0, 0.05) is 11.1 Å². The number of carbonyl (C=O) groups excluding carboxylic acids is 2. The van der Waals surface area contributed by atoms with E-state index in [0.29, 0.717) is 16.9 Å². The van der Waals surface area contributed by atoms with Gasteiger partial charge in [-0.1, -0.05) is 0 Å². The van der Waals surface area contributed by atoms with Crippen LogP contribution in [0.4, 0.5) is 0 Å². The molecule has 0 bridgehead atoms. The molecule has 0 radical (unpaired) electrons. The second-order valence-corrected chi connectivity index (χ2v) is 4.09. The van der Waals surface area contributed by atoms with E-state index in [1.165, 1.54) is 27.4 Å². The summed E-state index contributed by atoms with van der Waals surface area (Å²) in [7, 11) is 4.17. The number of methoxy groups -OCH3 is 3. The molecule has 0 aliphatic heterocycles. The largest absolute Gasteiger partial charge is 0.497 e. The zero-order chi connectivity index (χ0) is 14.2. The number of carbonyl (C=O) groups is 2. The number of hydrogen-bond acceptors (Lipinski definition) is 5. The molecule has 19 heavy (non-hydrogen) atoms. The van der Waals surface area contributed by atoms with E-state index in [1.54, 1.807) is 13.0 Å². The van der Waals surface area contributed by atoms with Gasteiger partial charge in [0.15, 0.2) is 0 Å². The Morgan fingerprint density at radius 3 is 1.95 bits per heavy atom. The Hall–Kier alpha value is -2.30. The highest BCUT2D eigenvalue weighted by Crippen LogP contribution is 2.32. The van der Waals surface area contributed by atoms with Crippen molar-refractivity contribution in [2.75, 3.05) is 21.3 Å². The van der Waals surface area contributed by atoms with E-state index in [-0.39, 0.29) is 28.6 Å². The summed E-state index contributed by atoms with van der Waals surface area (Å²) >= 11 is 0. The lowest BCUT2D eigenvalue weighted by molar-refractivity contribution is 0.0828. The predicted octanol–water partition coefficient (Wildman–Crippen LogP) is 1.89. The first kappa shape index (κ1) is 13.1. The smallest absolute Gasteiger partial charge is 0.232 e. The molecule has 5 nitrogen and oxygen atoms in total. The van der Waals surface area contributed by atoms with Gasteiger partial charge in [-0.15, -0.1) is 0 Å². The highest BCUT2D eigenvalue weighted by molar-refractivity contribution is 6.26. The van der Waals surface area contributed by atoms with Gasteiger partial charge in [-0.2, -0.15) is 0 Å². The molecule has 0 saturated heterocycles. The van der Waals surface area contributed by atoms with Crippen molar-refractivity contribution in [1.29, 1.82) is 0 Å². The molecule has 0 spiro atoms. The van der Waals surface area contributed by atoms with Crippen molar-refractivity contribution in [2.24, 2.45) is 0 Å². The molecular formula is C14H14O5. The van der Waals surface area contributed by atoms with Crippen molar-refractivity contribution in [1.82, 2.24) is 0 Å². The minimum atomic E-state index is -0.379. The molecule has 0 fully saturated rings. The van der Waals surface area contributed by atoms with Gasteiger partial charge >= 0.3 is 0 Å². The van der Waals surface area contributed by atoms with E-state index in [1.807, 2.05) is 0 Å². The Morgan fingerprint density at radius 2 is 1.42 bits per heavy atom. The van der Waals surface area contributed by atoms with E-state index < -0.39 is 0 Å².